The van der Waals surface area contributed by atoms with Crippen molar-refractivity contribution in [2.75, 3.05) is 4.72 Å². The number of hydrogen-bond acceptors (Lipinski definition) is 4. The van der Waals surface area contributed by atoms with Crippen molar-refractivity contribution in [2.24, 2.45) is 5.73 Å². The highest BCUT2D eigenvalue weighted by Gasteiger charge is 2.17. The van der Waals surface area contributed by atoms with E-state index in [2.05, 4.69) is 27.3 Å². The molecule has 0 aliphatic rings. The molecule has 4 nitrogen and oxygen atoms in total. The van der Waals surface area contributed by atoms with E-state index in [0.717, 1.165) is 9.13 Å². The van der Waals surface area contributed by atoms with Crippen LogP contribution in [0.4, 0.5) is 5.69 Å². The van der Waals surface area contributed by atoms with E-state index in [1.54, 1.807) is 23.6 Å². The molecule has 0 amide bonds. The number of anilines is 1. The second kappa shape index (κ2) is 5.55. The first-order chi connectivity index (χ1) is 8.53. The molecule has 0 saturated carbocycles. The Morgan fingerprint density at radius 3 is 2.67 bits per heavy atom. The van der Waals surface area contributed by atoms with E-state index < -0.39 is 10.0 Å². The minimum Gasteiger partial charge on any atom is -0.326 e. The molecule has 7 heteroatoms. The van der Waals surface area contributed by atoms with Crippen LogP contribution in [0.1, 0.15) is 5.56 Å². The highest BCUT2D eigenvalue weighted by Crippen LogP contribution is 2.25. The summed E-state index contributed by atoms with van der Waals surface area (Å²) in [4.78, 5) is 0. The van der Waals surface area contributed by atoms with Crippen LogP contribution >= 0.6 is 33.9 Å². The van der Waals surface area contributed by atoms with E-state index in [0.29, 0.717) is 12.2 Å². The summed E-state index contributed by atoms with van der Waals surface area (Å²) in [5, 5.41) is 1.75. The van der Waals surface area contributed by atoms with Gasteiger partial charge in [-0.25, -0.2) is 8.42 Å². The third kappa shape index (κ3) is 3.02. The number of nitrogens with two attached hydrogens (primary N) is 1. The fourth-order valence-corrected chi connectivity index (χ4v) is 4.35. The van der Waals surface area contributed by atoms with Crippen LogP contribution < -0.4 is 10.5 Å². The summed E-state index contributed by atoms with van der Waals surface area (Å²) >= 11 is 3.26. The molecule has 1 aromatic carbocycles. The monoisotopic (exact) mass is 394 g/mol. The Bertz CT molecular complexity index is 653. The van der Waals surface area contributed by atoms with Crippen LogP contribution in [-0.4, -0.2) is 8.42 Å². The quantitative estimate of drug-likeness (QED) is 0.784. The van der Waals surface area contributed by atoms with Gasteiger partial charge in [-0.15, -0.1) is 11.3 Å². The molecule has 0 aliphatic carbocycles. The van der Waals surface area contributed by atoms with Crippen molar-refractivity contribution in [1.29, 1.82) is 0 Å². The second-order valence-electron chi connectivity index (χ2n) is 3.56. The molecule has 18 heavy (non-hydrogen) atoms. The third-order valence-electron chi connectivity index (χ3n) is 2.25. The lowest BCUT2D eigenvalue weighted by Crippen LogP contribution is -2.12. The number of rotatable bonds is 4. The molecular weight excluding hydrogens is 383 g/mol. The van der Waals surface area contributed by atoms with Gasteiger partial charge in [0.15, 0.2) is 0 Å². The van der Waals surface area contributed by atoms with Gasteiger partial charge in [0, 0.05) is 10.1 Å². The maximum absolute atomic E-state index is 12.1. The molecule has 1 heterocycles. The van der Waals surface area contributed by atoms with Gasteiger partial charge < -0.3 is 5.73 Å². The Kier molecular flexibility index (Phi) is 4.25. The molecule has 0 saturated heterocycles. The maximum atomic E-state index is 12.1. The first kappa shape index (κ1) is 13.8. The molecule has 96 valence electrons. The van der Waals surface area contributed by atoms with Gasteiger partial charge in [-0.3, -0.25) is 4.72 Å². The van der Waals surface area contributed by atoms with Gasteiger partial charge in [0.2, 0.25) is 0 Å². The van der Waals surface area contributed by atoms with Crippen LogP contribution in [0.5, 0.6) is 0 Å². The van der Waals surface area contributed by atoms with E-state index in [9.17, 15) is 8.42 Å². The molecule has 2 rings (SSSR count). The number of nitrogens with one attached hydrogen (secondary N) is 1. The number of halogens is 1. The molecular formula is C11H11IN2O2S2. The number of para-hydroxylation sites is 1. The van der Waals surface area contributed by atoms with Crippen molar-refractivity contribution in [3.63, 3.8) is 0 Å². The largest absolute Gasteiger partial charge is 0.326 e. The summed E-state index contributed by atoms with van der Waals surface area (Å²) < 4.78 is 28.0. The van der Waals surface area contributed by atoms with Crippen molar-refractivity contribution >= 4 is 49.6 Å². The van der Waals surface area contributed by atoms with Gasteiger partial charge in [-0.1, -0.05) is 12.1 Å². The molecule has 0 spiro atoms. The third-order valence-corrected chi connectivity index (χ3v) is 6.04. The molecule has 0 aliphatic heterocycles. The predicted octanol–water partition coefficient (Wildman–Crippen LogP) is 2.61. The van der Waals surface area contributed by atoms with Gasteiger partial charge in [-0.2, -0.15) is 0 Å². The summed E-state index contributed by atoms with van der Waals surface area (Å²) in [6.07, 6.45) is 0. The zero-order chi connectivity index (χ0) is 13.2. The lowest BCUT2D eigenvalue weighted by Gasteiger charge is -2.07. The first-order valence-electron chi connectivity index (χ1n) is 5.08. The van der Waals surface area contributed by atoms with Crippen molar-refractivity contribution < 1.29 is 8.42 Å². The summed E-state index contributed by atoms with van der Waals surface area (Å²) in [5.74, 6) is 0. The van der Waals surface area contributed by atoms with Gasteiger partial charge >= 0.3 is 0 Å². The predicted molar refractivity (Wildman–Crippen MR) is 82.2 cm³/mol. The summed E-state index contributed by atoms with van der Waals surface area (Å²) in [5.41, 5.74) is 6.88. The smallest absolute Gasteiger partial charge is 0.271 e. The highest BCUT2D eigenvalue weighted by molar-refractivity contribution is 14.1. The zero-order valence-electron chi connectivity index (χ0n) is 9.26. The molecule has 1 aromatic heterocycles. The van der Waals surface area contributed by atoms with Crippen molar-refractivity contribution in [3.05, 3.63) is 44.8 Å². The molecule has 0 unspecified atom stereocenters. The lowest BCUT2D eigenvalue weighted by molar-refractivity contribution is 0.603. The first-order valence-corrected chi connectivity index (χ1v) is 8.52. The van der Waals surface area contributed by atoms with Crippen LogP contribution in [0.15, 0.2) is 39.9 Å². The normalized spacial score (nSPS) is 11.4. The van der Waals surface area contributed by atoms with Crippen LogP contribution in [0.3, 0.4) is 0 Å². The van der Waals surface area contributed by atoms with Crippen LogP contribution in [-0.2, 0) is 16.6 Å². The van der Waals surface area contributed by atoms with Gasteiger partial charge in [-0.05, 0) is 51.7 Å². The standard InChI is InChI=1S/C11H11IN2O2S2/c12-9-3-1-2-4-10(9)14-18(15,16)11-5-8(6-13)7-17-11/h1-5,7,14H,6,13H2. The van der Waals surface area contributed by atoms with Crippen LogP contribution in [0.2, 0.25) is 0 Å². The van der Waals surface area contributed by atoms with Crippen molar-refractivity contribution in [3.8, 4) is 0 Å². The number of sulfonamides is 1. The molecule has 0 fully saturated rings. The maximum Gasteiger partial charge on any atom is 0.271 e. The van der Waals surface area contributed by atoms with Crippen LogP contribution in [0, 0.1) is 3.57 Å². The minimum atomic E-state index is -3.52. The van der Waals surface area contributed by atoms with E-state index in [1.165, 1.54) is 11.3 Å². The average molecular weight is 394 g/mol. The van der Waals surface area contributed by atoms with E-state index in [4.69, 9.17) is 5.73 Å². The van der Waals surface area contributed by atoms with Crippen LogP contribution in [0.25, 0.3) is 0 Å². The minimum absolute atomic E-state index is 0.280. The van der Waals surface area contributed by atoms with E-state index >= 15 is 0 Å². The zero-order valence-corrected chi connectivity index (χ0v) is 13.1. The topological polar surface area (TPSA) is 72.2 Å². The van der Waals surface area contributed by atoms with E-state index in [1.807, 2.05) is 12.1 Å². The summed E-state index contributed by atoms with van der Waals surface area (Å²) in [6.45, 7) is 0.342. The fraction of sp³-hybridized carbons (Fsp3) is 0.0909. The summed E-state index contributed by atoms with van der Waals surface area (Å²) in [7, 11) is -3.52. The lowest BCUT2D eigenvalue weighted by atomic mass is 10.3. The highest BCUT2D eigenvalue weighted by atomic mass is 127. The Morgan fingerprint density at radius 2 is 2.06 bits per heavy atom. The molecule has 0 bridgehead atoms. The Hall–Kier alpha value is -0.640. The number of thiophene rings is 1. The number of hydrogen-bond donors (Lipinski definition) is 2. The fourth-order valence-electron chi connectivity index (χ4n) is 1.34. The summed E-state index contributed by atoms with van der Waals surface area (Å²) in [6, 6.07) is 8.83. The average Bonchev–Trinajstić information content (AvgIpc) is 2.81. The molecule has 3 N–H and O–H groups in total. The molecule has 0 atom stereocenters. The number of benzene rings is 1. The molecule has 0 radical (unpaired) electrons. The van der Waals surface area contributed by atoms with Gasteiger partial charge in [0.1, 0.15) is 4.21 Å². The van der Waals surface area contributed by atoms with E-state index in [-0.39, 0.29) is 4.21 Å². The van der Waals surface area contributed by atoms with Gasteiger partial charge in [0.05, 0.1) is 5.69 Å². The van der Waals surface area contributed by atoms with Crippen molar-refractivity contribution in [1.82, 2.24) is 0 Å². The molecule has 2 aromatic rings. The Labute approximate surface area is 123 Å². The Morgan fingerprint density at radius 1 is 1.33 bits per heavy atom. The Balaban J connectivity index is 2.30. The van der Waals surface area contributed by atoms with Gasteiger partial charge in [0.25, 0.3) is 10.0 Å². The SMILES string of the molecule is NCc1csc(S(=O)(=O)Nc2ccccc2I)c1. The second-order valence-corrected chi connectivity index (χ2v) is 7.55. The van der Waals surface area contributed by atoms with Crippen molar-refractivity contribution in [2.45, 2.75) is 10.8 Å².